The van der Waals surface area contributed by atoms with Gasteiger partial charge in [-0.05, 0) is 42.2 Å². The Kier molecular flexibility index (Phi) is 3.71. The molecule has 1 heterocycles. The molecule has 0 atom stereocenters. The van der Waals surface area contributed by atoms with Crippen molar-refractivity contribution in [3.8, 4) is 17.0 Å². The van der Waals surface area contributed by atoms with Gasteiger partial charge in [-0.15, -0.1) is 0 Å². The number of ether oxygens (including phenoxy) is 2. The molecule has 0 aliphatic heterocycles. The summed E-state index contributed by atoms with van der Waals surface area (Å²) in [6, 6.07) is 5.63. The van der Waals surface area contributed by atoms with Crippen molar-refractivity contribution in [3.05, 3.63) is 28.6 Å². The third-order valence-electron chi connectivity index (χ3n) is 2.77. The highest BCUT2D eigenvalue weighted by molar-refractivity contribution is 7.09. The molecule has 0 radical (unpaired) electrons. The molecule has 2 rings (SSSR count). The highest BCUT2D eigenvalue weighted by Crippen LogP contribution is 2.33. The highest BCUT2D eigenvalue weighted by atomic mass is 32.1. The number of aromatic nitrogens is 1. The van der Waals surface area contributed by atoms with E-state index in [1.54, 1.807) is 7.11 Å². The van der Waals surface area contributed by atoms with Crippen molar-refractivity contribution >= 4 is 23.2 Å². The molecule has 0 spiro atoms. The van der Waals surface area contributed by atoms with Crippen molar-refractivity contribution < 1.29 is 14.3 Å². The zero-order chi connectivity index (χ0) is 14.0. The lowest BCUT2D eigenvalue weighted by atomic mass is 10.1. The molecule has 0 fully saturated rings. The summed E-state index contributed by atoms with van der Waals surface area (Å²) in [5.41, 5.74) is 8.72. The fraction of sp³-hybridized carbons (Fsp3) is 0.231. The Hall–Kier alpha value is -2.08. The number of nitrogens with zero attached hydrogens (tertiary/aromatic N) is 1. The van der Waals surface area contributed by atoms with Crippen LogP contribution in [0, 0.1) is 6.92 Å². The second-order valence-electron chi connectivity index (χ2n) is 3.95. The minimum Gasteiger partial charge on any atom is -0.496 e. The van der Waals surface area contributed by atoms with Crippen LogP contribution < -0.4 is 10.5 Å². The van der Waals surface area contributed by atoms with E-state index in [0.29, 0.717) is 16.3 Å². The third kappa shape index (κ3) is 2.39. The van der Waals surface area contributed by atoms with Gasteiger partial charge in [0.1, 0.15) is 11.4 Å². The van der Waals surface area contributed by atoms with Crippen LogP contribution in [0.4, 0.5) is 5.69 Å². The molecule has 6 heteroatoms. The van der Waals surface area contributed by atoms with Crippen molar-refractivity contribution in [3.63, 3.8) is 0 Å². The van der Waals surface area contributed by atoms with Gasteiger partial charge in [-0.3, -0.25) is 0 Å². The number of carbonyl (C=O) groups is 1. The average molecular weight is 278 g/mol. The van der Waals surface area contributed by atoms with Gasteiger partial charge in [0.05, 0.1) is 19.9 Å². The predicted octanol–water partition coefficient (Wildman–Crippen LogP) is 2.50. The quantitative estimate of drug-likeness (QED) is 0.873. The Bertz CT molecular complexity index is 622. The number of carbonyl (C=O) groups excluding carboxylic acids is 1. The molecule has 2 N–H and O–H groups in total. The molecule has 1 aromatic heterocycles. The Morgan fingerprint density at radius 1 is 1.37 bits per heavy atom. The van der Waals surface area contributed by atoms with Crippen LogP contribution in [0.3, 0.4) is 0 Å². The lowest BCUT2D eigenvalue weighted by molar-refractivity contribution is 0.0607. The molecular weight excluding hydrogens is 264 g/mol. The first-order valence-corrected chi connectivity index (χ1v) is 6.34. The SMILES string of the molecule is COC(=O)c1snc(-c2ccc(OC)c(C)c2)c1N. The average Bonchev–Trinajstić information content (AvgIpc) is 2.79. The molecule has 1 aromatic carbocycles. The molecule has 0 unspecified atom stereocenters. The molecule has 0 saturated heterocycles. The number of aryl methyl sites for hydroxylation is 1. The first-order valence-electron chi connectivity index (χ1n) is 5.57. The molecule has 19 heavy (non-hydrogen) atoms. The maximum absolute atomic E-state index is 11.5. The van der Waals surface area contributed by atoms with E-state index in [9.17, 15) is 4.79 Å². The Balaban J connectivity index is 2.45. The fourth-order valence-electron chi connectivity index (χ4n) is 1.77. The van der Waals surface area contributed by atoms with Crippen molar-refractivity contribution in [1.82, 2.24) is 4.37 Å². The van der Waals surface area contributed by atoms with Crippen LogP contribution in [-0.4, -0.2) is 24.6 Å². The molecule has 100 valence electrons. The van der Waals surface area contributed by atoms with E-state index >= 15 is 0 Å². The number of nitrogens with two attached hydrogens (primary N) is 1. The van der Waals surface area contributed by atoms with Gasteiger partial charge < -0.3 is 15.2 Å². The van der Waals surface area contributed by atoms with E-state index in [2.05, 4.69) is 9.11 Å². The minimum absolute atomic E-state index is 0.325. The van der Waals surface area contributed by atoms with Gasteiger partial charge in [-0.2, -0.15) is 4.37 Å². The van der Waals surface area contributed by atoms with E-state index in [1.807, 2.05) is 25.1 Å². The van der Waals surface area contributed by atoms with Crippen molar-refractivity contribution in [2.45, 2.75) is 6.92 Å². The maximum Gasteiger partial charge on any atom is 0.351 e. The molecule has 0 amide bonds. The van der Waals surface area contributed by atoms with Crippen LogP contribution in [0.5, 0.6) is 5.75 Å². The van der Waals surface area contributed by atoms with Crippen LogP contribution in [0.25, 0.3) is 11.3 Å². The van der Waals surface area contributed by atoms with Crippen molar-refractivity contribution in [2.75, 3.05) is 20.0 Å². The molecule has 0 saturated carbocycles. The number of hydrogen-bond donors (Lipinski definition) is 1. The summed E-state index contributed by atoms with van der Waals surface area (Å²) >= 11 is 1.04. The summed E-state index contributed by atoms with van der Waals surface area (Å²) in [6.07, 6.45) is 0. The number of esters is 1. The summed E-state index contributed by atoms with van der Waals surface area (Å²) in [5.74, 6) is 0.331. The summed E-state index contributed by atoms with van der Waals surface area (Å²) < 4.78 is 14.1. The molecule has 0 aliphatic rings. The van der Waals surface area contributed by atoms with Gasteiger partial charge >= 0.3 is 5.97 Å². The lowest BCUT2D eigenvalue weighted by Gasteiger charge is -2.06. The first-order chi connectivity index (χ1) is 9.08. The van der Waals surface area contributed by atoms with Crippen molar-refractivity contribution in [1.29, 1.82) is 0 Å². The zero-order valence-corrected chi connectivity index (χ0v) is 11.7. The van der Waals surface area contributed by atoms with Crippen LogP contribution in [-0.2, 0) is 4.74 Å². The molecule has 0 bridgehead atoms. The predicted molar refractivity (Wildman–Crippen MR) is 74.6 cm³/mol. The molecule has 2 aromatic rings. The number of hydrogen-bond acceptors (Lipinski definition) is 6. The smallest absolute Gasteiger partial charge is 0.351 e. The standard InChI is InChI=1S/C13H14N2O3S/c1-7-6-8(4-5-9(7)17-2)11-10(14)12(19-15-11)13(16)18-3/h4-6H,14H2,1-3H3. The van der Waals surface area contributed by atoms with Crippen molar-refractivity contribution in [2.24, 2.45) is 0 Å². The van der Waals surface area contributed by atoms with Gasteiger partial charge in [0.15, 0.2) is 4.88 Å². The molecule has 5 nitrogen and oxygen atoms in total. The summed E-state index contributed by atoms with van der Waals surface area (Å²) in [6.45, 7) is 1.94. The van der Waals surface area contributed by atoms with Gasteiger partial charge in [-0.25, -0.2) is 4.79 Å². The Morgan fingerprint density at radius 3 is 2.68 bits per heavy atom. The van der Waals surface area contributed by atoms with E-state index in [1.165, 1.54) is 7.11 Å². The third-order valence-corrected chi connectivity index (χ3v) is 3.61. The van der Waals surface area contributed by atoms with Gasteiger partial charge in [-0.1, -0.05) is 0 Å². The van der Waals surface area contributed by atoms with Crippen LogP contribution in [0.15, 0.2) is 18.2 Å². The maximum atomic E-state index is 11.5. The van der Waals surface area contributed by atoms with Crippen LogP contribution in [0.2, 0.25) is 0 Å². The molecule has 0 aliphatic carbocycles. The Morgan fingerprint density at radius 2 is 2.11 bits per heavy atom. The van der Waals surface area contributed by atoms with E-state index in [-0.39, 0.29) is 0 Å². The highest BCUT2D eigenvalue weighted by Gasteiger charge is 2.19. The monoisotopic (exact) mass is 278 g/mol. The van der Waals surface area contributed by atoms with E-state index in [4.69, 9.17) is 10.5 Å². The topological polar surface area (TPSA) is 74.4 Å². The van der Waals surface area contributed by atoms with Gasteiger partial charge in [0.25, 0.3) is 0 Å². The van der Waals surface area contributed by atoms with Gasteiger partial charge in [0, 0.05) is 5.56 Å². The zero-order valence-electron chi connectivity index (χ0n) is 10.9. The Labute approximate surface area is 115 Å². The number of methoxy groups -OCH3 is 2. The number of anilines is 1. The number of rotatable bonds is 3. The minimum atomic E-state index is -0.466. The number of nitrogen functional groups attached to an aromatic ring is 1. The molecular formula is C13H14N2O3S. The largest absolute Gasteiger partial charge is 0.496 e. The summed E-state index contributed by atoms with van der Waals surface area (Å²) in [7, 11) is 2.94. The second-order valence-corrected chi connectivity index (χ2v) is 4.72. The lowest BCUT2D eigenvalue weighted by Crippen LogP contribution is -2.02. The van der Waals surface area contributed by atoms with Gasteiger partial charge in [0.2, 0.25) is 0 Å². The first kappa shape index (κ1) is 13.4. The van der Waals surface area contributed by atoms with E-state index in [0.717, 1.165) is 28.4 Å². The van der Waals surface area contributed by atoms with E-state index < -0.39 is 5.97 Å². The number of benzene rings is 1. The second kappa shape index (κ2) is 5.27. The fourth-order valence-corrected chi connectivity index (χ4v) is 2.51. The normalized spacial score (nSPS) is 10.3. The summed E-state index contributed by atoms with van der Waals surface area (Å²) in [4.78, 5) is 11.8. The van der Waals surface area contributed by atoms with Crippen LogP contribution >= 0.6 is 11.5 Å². The van der Waals surface area contributed by atoms with Crippen LogP contribution in [0.1, 0.15) is 15.2 Å². The summed E-state index contributed by atoms with van der Waals surface area (Å²) in [5, 5.41) is 0.